The summed E-state index contributed by atoms with van der Waals surface area (Å²) in [6.07, 6.45) is 2.89. The van der Waals surface area contributed by atoms with E-state index in [0.29, 0.717) is 17.5 Å². The Balaban J connectivity index is 2.11. The van der Waals surface area contributed by atoms with Crippen molar-refractivity contribution in [2.45, 2.75) is 13.5 Å². The number of ether oxygens (including phenoxy) is 1. The van der Waals surface area contributed by atoms with Gasteiger partial charge in [0.2, 0.25) is 11.8 Å². The first-order chi connectivity index (χ1) is 7.28. The number of hydrogen-bond acceptors (Lipinski definition) is 5. The van der Waals surface area contributed by atoms with Crippen LogP contribution in [0.1, 0.15) is 11.4 Å². The summed E-state index contributed by atoms with van der Waals surface area (Å²) in [6, 6.07) is 1.75. The molecule has 0 amide bonds. The van der Waals surface area contributed by atoms with Gasteiger partial charge in [0, 0.05) is 11.8 Å². The minimum atomic E-state index is -0.130. The summed E-state index contributed by atoms with van der Waals surface area (Å²) < 4.78 is 5.30. The van der Waals surface area contributed by atoms with Gasteiger partial charge in [-0.3, -0.25) is 10.1 Å². The summed E-state index contributed by atoms with van der Waals surface area (Å²) in [5.41, 5.74) is 1.41. The highest BCUT2D eigenvalue weighted by molar-refractivity contribution is 5.19. The first-order valence-electron chi connectivity index (χ1n) is 4.39. The molecule has 2 aromatic rings. The zero-order chi connectivity index (χ0) is 10.7. The molecule has 0 unspecified atom stereocenters. The molecule has 0 spiro atoms. The summed E-state index contributed by atoms with van der Waals surface area (Å²) in [5.74, 6) is 0.789. The molecule has 15 heavy (non-hydrogen) atoms. The van der Waals surface area contributed by atoms with E-state index in [9.17, 15) is 0 Å². The Morgan fingerprint density at radius 3 is 2.73 bits per heavy atom. The van der Waals surface area contributed by atoms with Crippen LogP contribution in [-0.2, 0) is 6.61 Å². The number of aromatic amines is 1. The number of aliphatic hydroxyl groups is 1. The van der Waals surface area contributed by atoms with Crippen LogP contribution < -0.4 is 4.74 Å². The van der Waals surface area contributed by atoms with E-state index in [0.717, 1.165) is 5.69 Å². The van der Waals surface area contributed by atoms with E-state index in [1.807, 2.05) is 6.92 Å². The van der Waals surface area contributed by atoms with Crippen LogP contribution in [-0.4, -0.2) is 25.3 Å². The van der Waals surface area contributed by atoms with Crippen molar-refractivity contribution in [1.82, 2.24) is 20.2 Å². The predicted octanol–water partition coefficient (Wildman–Crippen LogP) is 0.793. The molecule has 0 saturated heterocycles. The number of nitrogens with zero attached hydrogens (tertiary/aromatic N) is 3. The topological polar surface area (TPSA) is 83.9 Å². The fourth-order valence-corrected chi connectivity index (χ4v) is 1.03. The number of aliphatic hydroxyl groups excluding tert-OH is 1. The third kappa shape index (κ3) is 2.29. The number of aryl methyl sites for hydroxylation is 1. The highest BCUT2D eigenvalue weighted by Crippen LogP contribution is 2.15. The lowest BCUT2D eigenvalue weighted by atomic mass is 10.5. The van der Waals surface area contributed by atoms with Crippen LogP contribution in [0.2, 0.25) is 0 Å². The maximum Gasteiger partial charge on any atom is 0.240 e. The molecule has 0 atom stereocenters. The van der Waals surface area contributed by atoms with Crippen molar-refractivity contribution in [1.29, 1.82) is 0 Å². The molecule has 0 aliphatic rings. The number of aromatic nitrogens is 4. The first-order valence-corrected chi connectivity index (χ1v) is 4.39. The second-order valence-corrected chi connectivity index (χ2v) is 3.00. The first kappa shape index (κ1) is 9.60. The second kappa shape index (κ2) is 4.05. The second-order valence-electron chi connectivity index (χ2n) is 3.00. The molecule has 2 rings (SSSR count). The minimum Gasteiger partial charge on any atom is -0.417 e. The minimum absolute atomic E-state index is 0.130. The molecule has 2 N–H and O–H groups in total. The number of nitrogens with one attached hydrogen (secondary N) is 1. The smallest absolute Gasteiger partial charge is 0.240 e. The molecule has 78 valence electrons. The van der Waals surface area contributed by atoms with E-state index in [1.165, 1.54) is 12.4 Å². The third-order valence-corrected chi connectivity index (χ3v) is 1.74. The van der Waals surface area contributed by atoms with Crippen LogP contribution in [0.4, 0.5) is 0 Å². The van der Waals surface area contributed by atoms with Crippen LogP contribution in [0, 0.1) is 6.92 Å². The van der Waals surface area contributed by atoms with Gasteiger partial charge in [-0.05, 0) is 6.92 Å². The van der Waals surface area contributed by atoms with E-state index in [1.54, 1.807) is 6.07 Å². The van der Waals surface area contributed by atoms with Crippen molar-refractivity contribution >= 4 is 0 Å². The van der Waals surface area contributed by atoms with Gasteiger partial charge in [-0.1, -0.05) is 0 Å². The number of hydrogen-bond donors (Lipinski definition) is 2. The highest BCUT2D eigenvalue weighted by atomic mass is 16.5. The monoisotopic (exact) mass is 206 g/mol. The molecule has 0 aliphatic heterocycles. The molecule has 0 bridgehead atoms. The van der Waals surface area contributed by atoms with Gasteiger partial charge < -0.3 is 9.84 Å². The summed E-state index contributed by atoms with van der Waals surface area (Å²) in [6.45, 7) is 1.75. The molecule has 0 radical (unpaired) electrons. The van der Waals surface area contributed by atoms with Crippen molar-refractivity contribution in [3.8, 4) is 11.8 Å². The average Bonchev–Trinajstić information content (AvgIpc) is 2.65. The lowest BCUT2D eigenvalue weighted by Crippen LogP contribution is -1.93. The molecule has 2 heterocycles. The van der Waals surface area contributed by atoms with Crippen molar-refractivity contribution < 1.29 is 9.84 Å². The van der Waals surface area contributed by atoms with Crippen LogP contribution in [0.5, 0.6) is 11.8 Å². The van der Waals surface area contributed by atoms with E-state index < -0.39 is 0 Å². The van der Waals surface area contributed by atoms with Gasteiger partial charge in [0.1, 0.15) is 0 Å². The summed E-state index contributed by atoms with van der Waals surface area (Å²) in [4.78, 5) is 7.88. The molecule has 0 saturated carbocycles. The zero-order valence-corrected chi connectivity index (χ0v) is 8.14. The van der Waals surface area contributed by atoms with Crippen molar-refractivity contribution in [2.75, 3.05) is 0 Å². The van der Waals surface area contributed by atoms with E-state index in [4.69, 9.17) is 9.84 Å². The van der Waals surface area contributed by atoms with Gasteiger partial charge in [0.25, 0.3) is 0 Å². The molecule has 0 aliphatic carbocycles. The SMILES string of the molecule is Cc1cc(Oc2cnc(CO)cn2)n[nH]1. The van der Waals surface area contributed by atoms with Gasteiger partial charge in [-0.15, -0.1) is 5.10 Å². The average molecular weight is 206 g/mol. The Kier molecular flexibility index (Phi) is 2.59. The van der Waals surface area contributed by atoms with E-state index in [2.05, 4.69) is 20.2 Å². The third-order valence-electron chi connectivity index (χ3n) is 1.74. The fourth-order valence-electron chi connectivity index (χ4n) is 1.03. The zero-order valence-electron chi connectivity index (χ0n) is 8.14. The predicted molar refractivity (Wildman–Crippen MR) is 51.4 cm³/mol. The van der Waals surface area contributed by atoms with Crippen LogP contribution >= 0.6 is 0 Å². The molecular weight excluding hydrogens is 196 g/mol. The Hall–Kier alpha value is -1.95. The van der Waals surface area contributed by atoms with Crippen molar-refractivity contribution in [3.05, 3.63) is 29.8 Å². The fraction of sp³-hybridized carbons (Fsp3) is 0.222. The normalized spacial score (nSPS) is 10.3. The van der Waals surface area contributed by atoms with Gasteiger partial charge in [0.15, 0.2) is 0 Å². The van der Waals surface area contributed by atoms with Crippen LogP contribution in [0.25, 0.3) is 0 Å². The summed E-state index contributed by atoms with van der Waals surface area (Å²) in [5, 5.41) is 15.4. The van der Waals surface area contributed by atoms with E-state index >= 15 is 0 Å². The van der Waals surface area contributed by atoms with Gasteiger partial charge in [-0.25, -0.2) is 4.98 Å². The van der Waals surface area contributed by atoms with Crippen LogP contribution in [0.3, 0.4) is 0 Å². The highest BCUT2D eigenvalue weighted by Gasteiger charge is 2.02. The summed E-state index contributed by atoms with van der Waals surface area (Å²) >= 11 is 0. The Labute approximate surface area is 86.0 Å². The van der Waals surface area contributed by atoms with Gasteiger partial charge in [0.05, 0.1) is 24.7 Å². The lowest BCUT2D eigenvalue weighted by molar-refractivity contribution is 0.275. The van der Waals surface area contributed by atoms with Gasteiger partial charge in [-0.2, -0.15) is 0 Å². The number of rotatable bonds is 3. The van der Waals surface area contributed by atoms with Crippen molar-refractivity contribution in [2.24, 2.45) is 0 Å². The molecular formula is C9H10N4O2. The maximum absolute atomic E-state index is 8.76. The molecule has 6 nitrogen and oxygen atoms in total. The molecule has 0 fully saturated rings. The van der Waals surface area contributed by atoms with E-state index in [-0.39, 0.29) is 6.61 Å². The largest absolute Gasteiger partial charge is 0.417 e. The summed E-state index contributed by atoms with van der Waals surface area (Å²) in [7, 11) is 0. The Morgan fingerprint density at radius 1 is 1.33 bits per heavy atom. The maximum atomic E-state index is 8.76. The molecule has 2 aromatic heterocycles. The Bertz CT molecular complexity index is 438. The standard InChI is InChI=1S/C9H10N4O2/c1-6-2-8(13-12-6)15-9-4-10-7(5-14)3-11-9/h2-4,14H,5H2,1H3,(H,12,13). The van der Waals surface area contributed by atoms with Gasteiger partial charge >= 0.3 is 0 Å². The lowest BCUT2D eigenvalue weighted by Gasteiger charge is -2.00. The van der Waals surface area contributed by atoms with Crippen LogP contribution in [0.15, 0.2) is 18.5 Å². The number of H-pyrrole nitrogens is 1. The molecule has 0 aromatic carbocycles. The quantitative estimate of drug-likeness (QED) is 0.775. The molecule has 6 heteroatoms. The van der Waals surface area contributed by atoms with Crippen molar-refractivity contribution in [3.63, 3.8) is 0 Å². The Morgan fingerprint density at radius 2 is 2.20 bits per heavy atom.